The zero-order valence-corrected chi connectivity index (χ0v) is 12.1. The van der Waals surface area contributed by atoms with E-state index in [0.717, 1.165) is 19.4 Å². The summed E-state index contributed by atoms with van der Waals surface area (Å²) in [5, 5.41) is 0. The van der Waals surface area contributed by atoms with E-state index in [1.807, 2.05) is 4.90 Å². The van der Waals surface area contributed by atoms with Gasteiger partial charge in [0.1, 0.15) is 0 Å². The Balaban J connectivity index is 2.13. The van der Waals surface area contributed by atoms with Crippen LogP contribution < -0.4 is 0 Å². The summed E-state index contributed by atoms with van der Waals surface area (Å²) in [7, 11) is 0. The minimum Gasteiger partial charge on any atom is -0.338 e. The van der Waals surface area contributed by atoms with Crippen molar-refractivity contribution in [2.24, 2.45) is 0 Å². The fraction of sp³-hybridized carbons (Fsp3) is 0.588. The van der Waals surface area contributed by atoms with Crippen molar-refractivity contribution >= 4 is 6.41 Å². The number of carbonyl (C=O) groups excluding carboxylic acids is 1. The standard InChI is InChI=1S/C17H25NO/c1-3-4-5-6-11-17-16-10-8-7-9-15(16)14(2)12-18(17)13-19/h7-10,13-14,17H,3-6,11-12H2,1-2H3/t14-,17-/m0/s1. The zero-order chi connectivity index (χ0) is 13.7. The summed E-state index contributed by atoms with van der Waals surface area (Å²) in [4.78, 5) is 13.3. The predicted octanol–water partition coefficient (Wildman–Crippen LogP) is 4.27. The molecule has 0 aliphatic carbocycles. The molecule has 0 saturated heterocycles. The number of unbranched alkanes of at least 4 members (excludes halogenated alkanes) is 3. The molecule has 0 unspecified atom stereocenters. The van der Waals surface area contributed by atoms with Gasteiger partial charge < -0.3 is 4.90 Å². The largest absolute Gasteiger partial charge is 0.338 e. The second kappa shape index (κ2) is 6.74. The van der Waals surface area contributed by atoms with Gasteiger partial charge in [-0.05, 0) is 23.5 Å². The van der Waals surface area contributed by atoms with Gasteiger partial charge in [0.05, 0.1) is 6.04 Å². The lowest BCUT2D eigenvalue weighted by Gasteiger charge is -2.38. The average Bonchev–Trinajstić information content (AvgIpc) is 2.45. The van der Waals surface area contributed by atoms with E-state index >= 15 is 0 Å². The molecule has 19 heavy (non-hydrogen) atoms. The van der Waals surface area contributed by atoms with Crippen molar-refractivity contribution in [2.45, 2.75) is 57.9 Å². The van der Waals surface area contributed by atoms with Crippen molar-refractivity contribution < 1.29 is 4.79 Å². The molecular formula is C17H25NO. The molecule has 0 radical (unpaired) electrons. The zero-order valence-electron chi connectivity index (χ0n) is 12.1. The van der Waals surface area contributed by atoms with Gasteiger partial charge in [0.2, 0.25) is 6.41 Å². The van der Waals surface area contributed by atoms with Crippen LogP contribution in [0.2, 0.25) is 0 Å². The fourth-order valence-electron chi connectivity index (χ4n) is 3.19. The van der Waals surface area contributed by atoms with Gasteiger partial charge in [-0.1, -0.05) is 63.8 Å². The molecule has 0 saturated carbocycles. The van der Waals surface area contributed by atoms with Gasteiger partial charge in [-0.25, -0.2) is 0 Å². The summed E-state index contributed by atoms with van der Waals surface area (Å²) < 4.78 is 0. The molecule has 1 aliphatic heterocycles. The van der Waals surface area contributed by atoms with Gasteiger partial charge in [-0.3, -0.25) is 4.79 Å². The molecule has 2 nitrogen and oxygen atoms in total. The van der Waals surface area contributed by atoms with Crippen LogP contribution in [0.3, 0.4) is 0 Å². The molecule has 0 bridgehead atoms. The number of nitrogens with zero attached hydrogens (tertiary/aromatic N) is 1. The monoisotopic (exact) mass is 259 g/mol. The van der Waals surface area contributed by atoms with Crippen LogP contribution in [0.4, 0.5) is 0 Å². The van der Waals surface area contributed by atoms with Crippen LogP contribution in [0, 0.1) is 0 Å². The van der Waals surface area contributed by atoms with Gasteiger partial charge in [-0.15, -0.1) is 0 Å². The maximum absolute atomic E-state index is 11.3. The molecule has 2 rings (SSSR count). The normalized spacial score (nSPS) is 22.1. The first-order valence-electron chi connectivity index (χ1n) is 7.57. The van der Waals surface area contributed by atoms with E-state index < -0.39 is 0 Å². The highest BCUT2D eigenvalue weighted by molar-refractivity contribution is 5.52. The highest BCUT2D eigenvalue weighted by Crippen LogP contribution is 2.37. The van der Waals surface area contributed by atoms with Crippen LogP contribution >= 0.6 is 0 Å². The molecule has 0 fully saturated rings. The number of amides is 1. The van der Waals surface area contributed by atoms with Crippen LogP contribution in [0.1, 0.15) is 69.0 Å². The van der Waals surface area contributed by atoms with Crippen LogP contribution in [0.5, 0.6) is 0 Å². The van der Waals surface area contributed by atoms with Crippen molar-refractivity contribution in [3.05, 3.63) is 35.4 Å². The molecule has 104 valence electrons. The predicted molar refractivity (Wildman–Crippen MR) is 79.1 cm³/mol. The lowest BCUT2D eigenvalue weighted by Crippen LogP contribution is -2.36. The second-order valence-electron chi connectivity index (χ2n) is 5.70. The Kier molecular flexibility index (Phi) is 5.00. The minimum absolute atomic E-state index is 0.293. The molecule has 0 aromatic heterocycles. The van der Waals surface area contributed by atoms with E-state index in [4.69, 9.17) is 0 Å². The van der Waals surface area contributed by atoms with Crippen LogP contribution in [0.15, 0.2) is 24.3 Å². The number of rotatable bonds is 6. The number of carbonyl (C=O) groups is 1. The highest BCUT2D eigenvalue weighted by atomic mass is 16.1. The van der Waals surface area contributed by atoms with Crippen LogP contribution in [0.25, 0.3) is 0 Å². The molecule has 1 amide bonds. The highest BCUT2D eigenvalue weighted by Gasteiger charge is 2.29. The summed E-state index contributed by atoms with van der Waals surface area (Å²) in [6, 6.07) is 8.92. The maximum atomic E-state index is 11.3. The van der Waals surface area contributed by atoms with Crippen molar-refractivity contribution in [1.29, 1.82) is 0 Å². The van der Waals surface area contributed by atoms with Crippen molar-refractivity contribution in [2.75, 3.05) is 6.54 Å². The summed E-state index contributed by atoms with van der Waals surface area (Å²) in [5.41, 5.74) is 2.80. The third-order valence-electron chi connectivity index (χ3n) is 4.24. The number of hydrogen-bond acceptors (Lipinski definition) is 1. The van der Waals surface area contributed by atoms with E-state index in [2.05, 4.69) is 38.1 Å². The summed E-state index contributed by atoms with van der Waals surface area (Å²) in [6.45, 7) is 5.30. The van der Waals surface area contributed by atoms with Crippen LogP contribution in [-0.4, -0.2) is 17.9 Å². The lowest BCUT2D eigenvalue weighted by molar-refractivity contribution is -0.121. The molecule has 2 heteroatoms. The Bertz CT molecular complexity index is 415. The van der Waals surface area contributed by atoms with Gasteiger partial charge >= 0.3 is 0 Å². The SMILES string of the molecule is CCCCCC[C@H]1c2ccccc2[C@@H](C)CN1C=O. The minimum atomic E-state index is 0.293. The van der Waals surface area contributed by atoms with Gasteiger partial charge in [-0.2, -0.15) is 0 Å². The van der Waals surface area contributed by atoms with Gasteiger partial charge in [0, 0.05) is 6.54 Å². The molecule has 1 aromatic carbocycles. The van der Waals surface area contributed by atoms with E-state index in [0.29, 0.717) is 12.0 Å². The lowest BCUT2D eigenvalue weighted by atomic mass is 9.84. The van der Waals surface area contributed by atoms with Crippen molar-refractivity contribution in [3.63, 3.8) is 0 Å². The third-order valence-corrected chi connectivity index (χ3v) is 4.24. The van der Waals surface area contributed by atoms with E-state index in [1.165, 1.54) is 36.8 Å². The molecule has 1 aliphatic rings. The first-order valence-corrected chi connectivity index (χ1v) is 7.57. The van der Waals surface area contributed by atoms with Gasteiger partial charge in [0.15, 0.2) is 0 Å². The third kappa shape index (κ3) is 3.17. The topological polar surface area (TPSA) is 20.3 Å². The molecule has 1 heterocycles. The summed E-state index contributed by atoms with van der Waals surface area (Å²) >= 11 is 0. The first kappa shape index (κ1) is 14.1. The Morgan fingerprint density at radius 1 is 1.21 bits per heavy atom. The Hall–Kier alpha value is -1.31. The van der Waals surface area contributed by atoms with E-state index in [-0.39, 0.29) is 0 Å². The molecular weight excluding hydrogens is 234 g/mol. The smallest absolute Gasteiger partial charge is 0.210 e. The number of hydrogen-bond donors (Lipinski definition) is 0. The summed E-state index contributed by atoms with van der Waals surface area (Å²) in [6.07, 6.45) is 7.18. The van der Waals surface area contributed by atoms with Crippen molar-refractivity contribution in [3.8, 4) is 0 Å². The Labute approximate surface area is 116 Å². The summed E-state index contributed by atoms with van der Waals surface area (Å²) in [5.74, 6) is 0.452. The molecule has 0 spiro atoms. The Morgan fingerprint density at radius 3 is 2.63 bits per heavy atom. The van der Waals surface area contributed by atoms with Crippen LogP contribution in [-0.2, 0) is 4.79 Å². The number of fused-ring (bicyclic) bond motifs is 1. The maximum Gasteiger partial charge on any atom is 0.210 e. The van der Waals surface area contributed by atoms with E-state index in [9.17, 15) is 4.79 Å². The molecule has 1 aromatic rings. The Morgan fingerprint density at radius 2 is 1.95 bits per heavy atom. The van der Waals surface area contributed by atoms with Crippen molar-refractivity contribution in [1.82, 2.24) is 4.90 Å². The second-order valence-corrected chi connectivity index (χ2v) is 5.70. The van der Waals surface area contributed by atoms with Gasteiger partial charge in [0.25, 0.3) is 0 Å². The fourth-order valence-corrected chi connectivity index (χ4v) is 3.19. The van der Waals surface area contributed by atoms with E-state index in [1.54, 1.807) is 0 Å². The first-order chi connectivity index (χ1) is 9.27. The molecule has 2 atom stereocenters. The quantitative estimate of drug-likeness (QED) is 0.552. The average molecular weight is 259 g/mol. The number of benzene rings is 1. The molecule has 0 N–H and O–H groups in total.